The van der Waals surface area contributed by atoms with Gasteiger partial charge in [0.1, 0.15) is 0 Å². The molecule has 0 atom stereocenters. The number of hydrogen-bond donors (Lipinski definition) is 1. The molecule has 3 rings (SSSR count). The van der Waals surface area contributed by atoms with Gasteiger partial charge in [-0.3, -0.25) is 4.98 Å². The summed E-state index contributed by atoms with van der Waals surface area (Å²) in [6.07, 6.45) is 3.08. The van der Waals surface area contributed by atoms with Gasteiger partial charge in [-0.15, -0.1) is 0 Å². The van der Waals surface area contributed by atoms with E-state index in [1.54, 1.807) is 30.5 Å². The smallest absolute Gasteiger partial charge is 0.241 e. The number of sulfonamides is 1. The van der Waals surface area contributed by atoms with Gasteiger partial charge in [-0.25, -0.2) is 13.1 Å². The molecule has 106 valence electrons. The highest BCUT2D eigenvalue weighted by Crippen LogP contribution is 2.22. The predicted octanol–water partition coefficient (Wildman–Crippen LogP) is 1.69. The maximum absolute atomic E-state index is 12.5. The average molecular weight is 292 g/mol. The van der Waals surface area contributed by atoms with Crippen molar-refractivity contribution in [3.8, 4) is 0 Å². The van der Waals surface area contributed by atoms with Crippen LogP contribution in [-0.4, -0.2) is 32.7 Å². The summed E-state index contributed by atoms with van der Waals surface area (Å²) in [5, 5.41) is 0.648. The number of nitrogens with one attached hydrogen (secondary N) is 1. The summed E-state index contributed by atoms with van der Waals surface area (Å²) in [5.41, 5.74) is 0.683. The van der Waals surface area contributed by atoms with Crippen molar-refractivity contribution in [1.29, 1.82) is 0 Å². The van der Waals surface area contributed by atoms with Crippen molar-refractivity contribution in [1.82, 2.24) is 9.71 Å². The Morgan fingerprint density at radius 3 is 2.75 bits per heavy atom. The second-order valence-electron chi connectivity index (χ2n) is 4.83. The first-order valence-electron chi connectivity index (χ1n) is 6.61. The van der Waals surface area contributed by atoms with Crippen LogP contribution in [0.2, 0.25) is 0 Å². The molecule has 0 spiro atoms. The van der Waals surface area contributed by atoms with Crippen LogP contribution in [0.1, 0.15) is 12.8 Å². The second kappa shape index (κ2) is 5.47. The minimum absolute atomic E-state index is 0.0549. The van der Waals surface area contributed by atoms with Crippen LogP contribution in [0.5, 0.6) is 0 Å². The third-order valence-corrected chi connectivity index (χ3v) is 5.02. The van der Waals surface area contributed by atoms with E-state index in [1.165, 1.54) is 0 Å². The van der Waals surface area contributed by atoms with E-state index in [1.807, 2.05) is 6.07 Å². The average Bonchev–Trinajstić information content (AvgIpc) is 2.47. The SMILES string of the molecule is O=S(=O)(NC1CCOCC1)c1cccc2ncccc12. The van der Waals surface area contributed by atoms with E-state index in [0.717, 1.165) is 0 Å². The van der Waals surface area contributed by atoms with E-state index in [0.29, 0.717) is 37.0 Å². The van der Waals surface area contributed by atoms with Crippen LogP contribution in [0.15, 0.2) is 41.4 Å². The zero-order valence-corrected chi connectivity index (χ0v) is 11.8. The number of aromatic nitrogens is 1. The lowest BCUT2D eigenvalue weighted by molar-refractivity contribution is 0.0832. The van der Waals surface area contributed by atoms with Crippen LogP contribution < -0.4 is 4.72 Å². The number of nitrogens with zero attached hydrogens (tertiary/aromatic N) is 1. The number of ether oxygens (including phenoxy) is 1. The molecule has 0 bridgehead atoms. The summed E-state index contributed by atoms with van der Waals surface area (Å²) in [6.45, 7) is 1.20. The Morgan fingerprint density at radius 2 is 1.95 bits per heavy atom. The molecule has 1 aromatic heterocycles. The molecule has 1 N–H and O–H groups in total. The fourth-order valence-corrected chi connectivity index (χ4v) is 3.93. The first kappa shape index (κ1) is 13.5. The molecule has 0 radical (unpaired) electrons. The molecular weight excluding hydrogens is 276 g/mol. The van der Waals surface area contributed by atoms with Crippen molar-refractivity contribution in [2.75, 3.05) is 13.2 Å². The Kier molecular flexibility index (Phi) is 3.69. The Bertz CT molecular complexity index is 704. The van der Waals surface area contributed by atoms with E-state index in [-0.39, 0.29) is 10.9 Å². The van der Waals surface area contributed by atoms with Gasteiger partial charge in [-0.2, -0.15) is 0 Å². The molecule has 20 heavy (non-hydrogen) atoms. The normalized spacial score (nSPS) is 17.4. The van der Waals surface area contributed by atoms with Gasteiger partial charge in [0.15, 0.2) is 0 Å². The maximum atomic E-state index is 12.5. The van der Waals surface area contributed by atoms with Crippen LogP contribution in [0, 0.1) is 0 Å². The molecule has 2 heterocycles. The Labute approximate surface area is 118 Å². The molecule has 2 aromatic rings. The number of hydrogen-bond acceptors (Lipinski definition) is 4. The monoisotopic (exact) mass is 292 g/mol. The molecule has 1 aromatic carbocycles. The van der Waals surface area contributed by atoms with Crippen molar-refractivity contribution < 1.29 is 13.2 Å². The number of rotatable bonds is 3. The summed E-state index contributed by atoms with van der Waals surface area (Å²) in [4.78, 5) is 4.48. The largest absolute Gasteiger partial charge is 0.381 e. The van der Waals surface area contributed by atoms with E-state index < -0.39 is 10.0 Å². The predicted molar refractivity (Wildman–Crippen MR) is 75.9 cm³/mol. The number of benzene rings is 1. The molecule has 0 aliphatic carbocycles. The zero-order chi connectivity index (χ0) is 14.0. The molecule has 1 aliphatic rings. The highest BCUT2D eigenvalue weighted by molar-refractivity contribution is 7.89. The third kappa shape index (κ3) is 2.67. The molecule has 1 fully saturated rings. The van der Waals surface area contributed by atoms with Crippen molar-refractivity contribution in [2.45, 2.75) is 23.8 Å². The third-order valence-electron chi connectivity index (χ3n) is 3.44. The Morgan fingerprint density at radius 1 is 1.15 bits per heavy atom. The second-order valence-corrected chi connectivity index (χ2v) is 6.52. The first-order valence-corrected chi connectivity index (χ1v) is 8.09. The van der Waals surface area contributed by atoms with Gasteiger partial charge in [0.2, 0.25) is 10.0 Å². The number of fused-ring (bicyclic) bond motifs is 1. The number of pyridine rings is 1. The standard InChI is InChI=1S/C14H16N2O3S/c17-20(18,16-11-6-9-19-10-7-11)14-5-1-4-13-12(14)3-2-8-15-13/h1-5,8,11,16H,6-7,9-10H2. The van der Waals surface area contributed by atoms with E-state index in [2.05, 4.69) is 9.71 Å². The van der Waals surface area contributed by atoms with Gasteiger partial charge in [-0.1, -0.05) is 6.07 Å². The van der Waals surface area contributed by atoms with Crippen LogP contribution in [0.4, 0.5) is 0 Å². The fourth-order valence-electron chi connectivity index (χ4n) is 2.41. The summed E-state index contributed by atoms with van der Waals surface area (Å²) in [6, 6.07) is 8.61. The minimum Gasteiger partial charge on any atom is -0.381 e. The Balaban J connectivity index is 1.96. The van der Waals surface area contributed by atoms with Gasteiger partial charge in [0, 0.05) is 30.8 Å². The maximum Gasteiger partial charge on any atom is 0.241 e. The molecule has 0 saturated carbocycles. The lowest BCUT2D eigenvalue weighted by atomic mass is 10.1. The summed E-state index contributed by atoms with van der Waals surface area (Å²) in [5.74, 6) is 0. The summed E-state index contributed by atoms with van der Waals surface area (Å²) >= 11 is 0. The van der Waals surface area contributed by atoms with Gasteiger partial charge >= 0.3 is 0 Å². The zero-order valence-electron chi connectivity index (χ0n) is 11.0. The molecule has 5 nitrogen and oxygen atoms in total. The molecule has 0 amide bonds. The fraction of sp³-hybridized carbons (Fsp3) is 0.357. The highest BCUT2D eigenvalue weighted by atomic mass is 32.2. The van der Waals surface area contributed by atoms with Gasteiger partial charge in [-0.05, 0) is 37.1 Å². The molecule has 1 saturated heterocycles. The molecular formula is C14H16N2O3S. The van der Waals surface area contributed by atoms with Crippen LogP contribution in [-0.2, 0) is 14.8 Å². The van der Waals surface area contributed by atoms with Gasteiger partial charge in [0.25, 0.3) is 0 Å². The first-order chi connectivity index (χ1) is 9.67. The van der Waals surface area contributed by atoms with Crippen molar-refractivity contribution in [2.24, 2.45) is 0 Å². The molecule has 1 aliphatic heterocycles. The Hall–Kier alpha value is -1.50. The lowest BCUT2D eigenvalue weighted by Gasteiger charge is -2.23. The van der Waals surface area contributed by atoms with Gasteiger partial charge in [0.05, 0.1) is 10.4 Å². The lowest BCUT2D eigenvalue weighted by Crippen LogP contribution is -2.38. The van der Waals surface area contributed by atoms with E-state index in [9.17, 15) is 8.42 Å². The quantitative estimate of drug-likeness (QED) is 0.935. The summed E-state index contributed by atoms with van der Waals surface area (Å²) < 4.78 is 33.1. The van der Waals surface area contributed by atoms with E-state index in [4.69, 9.17) is 4.74 Å². The van der Waals surface area contributed by atoms with Crippen molar-refractivity contribution >= 4 is 20.9 Å². The van der Waals surface area contributed by atoms with Crippen LogP contribution >= 0.6 is 0 Å². The molecule has 6 heteroatoms. The van der Waals surface area contributed by atoms with E-state index >= 15 is 0 Å². The topological polar surface area (TPSA) is 68.3 Å². The van der Waals surface area contributed by atoms with Crippen LogP contribution in [0.25, 0.3) is 10.9 Å². The molecule has 0 unspecified atom stereocenters. The minimum atomic E-state index is -3.53. The van der Waals surface area contributed by atoms with Crippen molar-refractivity contribution in [3.05, 3.63) is 36.5 Å². The summed E-state index contributed by atoms with van der Waals surface area (Å²) in [7, 11) is -3.53. The van der Waals surface area contributed by atoms with Crippen LogP contribution in [0.3, 0.4) is 0 Å². The highest BCUT2D eigenvalue weighted by Gasteiger charge is 2.23. The van der Waals surface area contributed by atoms with Crippen molar-refractivity contribution in [3.63, 3.8) is 0 Å². The van der Waals surface area contributed by atoms with Gasteiger partial charge < -0.3 is 4.74 Å².